The standard InChI is InChI=1S/C23H15Cl3N2O3/c1-12-15(24)3-2-4-18(12)28-20(13-7-9-27-10-8-13)19(22(30)23(28)31)21(29)14-5-6-16(25)17(26)11-14/h2-11,20,29H,1H3/b21-19+. The van der Waals surface area contributed by atoms with Gasteiger partial charge in [0.1, 0.15) is 5.76 Å². The molecule has 31 heavy (non-hydrogen) atoms. The number of halogens is 3. The molecule has 5 nitrogen and oxygen atoms in total. The summed E-state index contributed by atoms with van der Waals surface area (Å²) in [4.78, 5) is 31.6. The average Bonchev–Trinajstić information content (AvgIpc) is 3.03. The van der Waals surface area contributed by atoms with Crippen LogP contribution in [0, 0.1) is 6.92 Å². The number of aromatic nitrogens is 1. The van der Waals surface area contributed by atoms with Gasteiger partial charge in [-0.2, -0.15) is 0 Å². The van der Waals surface area contributed by atoms with E-state index in [1.807, 2.05) is 0 Å². The zero-order valence-electron chi connectivity index (χ0n) is 16.1. The molecule has 0 aliphatic carbocycles. The molecule has 2 aromatic carbocycles. The molecule has 4 rings (SSSR count). The van der Waals surface area contributed by atoms with Gasteiger partial charge in [-0.25, -0.2) is 0 Å². The highest BCUT2D eigenvalue weighted by Gasteiger charge is 2.47. The molecule has 0 radical (unpaired) electrons. The predicted molar refractivity (Wildman–Crippen MR) is 122 cm³/mol. The third kappa shape index (κ3) is 3.69. The van der Waals surface area contributed by atoms with E-state index in [1.54, 1.807) is 49.6 Å². The fourth-order valence-corrected chi connectivity index (χ4v) is 4.07. The monoisotopic (exact) mass is 472 g/mol. The zero-order chi connectivity index (χ0) is 22.3. The molecule has 1 aromatic heterocycles. The SMILES string of the molecule is Cc1c(Cl)cccc1N1C(=O)C(=O)/C(=C(/O)c2ccc(Cl)c(Cl)c2)C1c1ccncc1. The number of amides is 1. The summed E-state index contributed by atoms with van der Waals surface area (Å²) < 4.78 is 0. The normalized spacial score (nSPS) is 17.9. The van der Waals surface area contributed by atoms with Crippen LogP contribution in [0.4, 0.5) is 5.69 Å². The van der Waals surface area contributed by atoms with Crippen LogP contribution < -0.4 is 4.90 Å². The van der Waals surface area contributed by atoms with Crippen molar-refractivity contribution >= 4 is 57.9 Å². The molecule has 1 amide bonds. The van der Waals surface area contributed by atoms with Crippen LogP contribution in [-0.2, 0) is 9.59 Å². The Balaban J connectivity index is 1.98. The quantitative estimate of drug-likeness (QED) is 0.289. The van der Waals surface area contributed by atoms with E-state index in [0.717, 1.165) is 0 Å². The molecule has 1 unspecified atom stereocenters. The molecular weight excluding hydrogens is 459 g/mol. The Morgan fingerprint density at radius 3 is 2.35 bits per heavy atom. The van der Waals surface area contributed by atoms with Gasteiger partial charge in [-0.3, -0.25) is 19.5 Å². The highest BCUT2D eigenvalue weighted by molar-refractivity contribution is 6.52. The highest BCUT2D eigenvalue weighted by atomic mass is 35.5. The van der Waals surface area contributed by atoms with Gasteiger partial charge in [-0.05, 0) is 60.5 Å². The van der Waals surface area contributed by atoms with Crippen LogP contribution in [0.3, 0.4) is 0 Å². The third-order valence-corrected chi connectivity index (χ3v) is 6.31. The summed E-state index contributed by atoms with van der Waals surface area (Å²) in [6.45, 7) is 1.76. The van der Waals surface area contributed by atoms with E-state index < -0.39 is 17.7 Å². The van der Waals surface area contributed by atoms with Gasteiger partial charge in [-0.1, -0.05) is 40.9 Å². The molecule has 1 fully saturated rings. The lowest BCUT2D eigenvalue weighted by Gasteiger charge is -2.27. The Labute approximate surface area is 193 Å². The number of carbonyl (C=O) groups is 2. The number of aliphatic hydroxyl groups is 1. The van der Waals surface area contributed by atoms with Gasteiger partial charge >= 0.3 is 0 Å². The number of benzene rings is 2. The molecule has 3 aromatic rings. The van der Waals surface area contributed by atoms with Crippen molar-refractivity contribution in [1.29, 1.82) is 0 Å². The Bertz CT molecular complexity index is 1240. The molecule has 156 valence electrons. The van der Waals surface area contributed by atoms with E-state index in [2.05, 4.69) is 4.98 Å². The van der Waals surface area contributed by atoms with E-state index in [-0.39, 0.29) is 21.9 Å². The lowest BCUT2D eigenvalue weighted by molar-refractivity contribution is -0.132. The molecule has 0 bridgehead atoms. The maximum atomic E-state index is 13.1. The molecule has 1 saturated heterocycles. The summed E-state index contributed by atoms with van der Waals surface area (Å²) >= 11 is 18.3. The topological polar surface area (TPSA) is 70.5 Å². The number of aliphatic hydroxyl groups excluding tert-OH is 1. The van der Waals surface area contributed by atoms with Crippen LogP contribution in [0.5, 0.6) is 0 Å². The van der Waals surface area contributed by atoms with Crippen molar-refractivity contribution in [3.05, 3.63) is 98.3 Å². The van der Waals surface area contributed by atoms with Gasteiger partial charge in [0, 0.05) is 28.7 Å². The van der Waals surface area contributed by atoms with Gasteiger partial charge in [0.05, 0.1) is 21.7 Å². The number of nitrogens with zero attached hydrogens (tertiary/aromatic N) is 2. The smallest absolute Gasteiger partial charge is 0.300 e. The first-order chi connectivity index (χ1) is 14.8. The minimum atomic E-state index is -0.880. The fourth-order valence-electron chi connectivity index (χ4n) is 3.60. The molecule has 8 heteroatoms. The second kappa shape index (κ2) is 8.35. The van der Waals surface area contributed by atoms with Crippen LogP contribution in [0.1, 0.15) is 22.7 Å². The van der Waals surface area contributed by atoms with E-state index in [0.29, 0.717) is 26.9 Å². The number of carbonyl (C=O) groups excluding carboxylic acids is 2. The first-order valence-corrected chi connectivity index (χ1v) is 10.4. The number of hydrogen-bond acceptors (Lipinski definition) is 4. The Morgan fingerprint density at radius 2 is 1.68 bits per heavy atom. The highest BCUT2D eigenvalue weighted by Crippen LogP contribution is 2.44. The van der Waals surface area contributed by atoms with Crippen LogP contribution in [0.2, 0.25) is 15.1 Å². The second-order valence-corrected chi connectivity index (χ2v) is 8.18. The van der Waals surface area contributed by atoms with Crippen LogP contribution in [-0.4, -0.2) is 21.8 Å². The minimum absolute atomic E-state index is 0.0611. The first kappa shape index (κ1) is 21.4. The number of Topliss-reactive ketones (excluding diaryl/α,β-unsaturated/α-hetero) is 1. The van der Waals surface area contributed by atoms with Crippen LogP contribution >= 0.6 is 34.8 Å². The number of hydrogen-bond donors (Lipinski definition) is 1. The van der Waals surface area contributed by atoms with Crippen molar-refractivity contribution in [3.63, 3.8) is 0 Å². The lowest BCUT2D eigenvalue weighted by atomic mass is 9.95. The molecule has 0 spiro atoms. The molecule has 0 saturated carbocycles. The number of anilines is 1. The Hall–Kier alpha value is -2.86. The van der Waals surface area contributed by atoms with Gasteiger partial charge < -0.3 is 5.11 Å². The summed E-state index contributed by atoms with van der Waals surface area (Å²) in [6.07, 6.45) is 3.11. The zero-order valence-corrected chi connectivity index (χ0v) is 18.4. The summed E-state index contributed by atoms with van der Waals surface area (Å²) in [5, 5.41) is 12.1. The fraction of sp³-hybridized carbons (Fsp3) is 0.0870. The third-order valence-electron chi connectivity index (χ3n) is 5.16. The van der Waals surface area contributed by atoms with Crippen molar-refractivity contribution in [2.45, 2.75) is 13.0 Å². The number of pyridine rings is 1. The van der Waals surface area contributed by atoms with E-state index >= 15 is 0 Å². The van der Waals surface area contributed by atoms with E-state index in [4.69, 9.17) is 34.8 Å². The summed E-state index contributed by atoms with van der Waals surface area (Å²) in [7, 11) is 0. The first-order valence-electron chi connectivity index (χ1n) is 9.22. The van der Waals surface area contributed by atoms with Gasteiger partial charge in [0.25, 0.3) is 11.7 Å². The van der Waals surface area contributed by atoms with Gasteiger partial charge in [-0.15, -0.1) is 0 Å². The molecule has 1 atom stereocenters. The summed E-state index contributed by atoms with van der Waals surface area (Å²) in [6, 6.07) is 12.1. The second-order valence-electron chi connectivity index (χ2n) is 6.96. The van der Waals surface area contributed by atoms with Crippen molar-refractivity contribution in [2.75, 3.05) is 4.90 Å². The van der Waals surface area contributed by atoms with Crippen molar-refractivity contribution < 1.29 is 14.7 Å². The Morgan fingerprint density at radius 1 is 0.968 bits per heavy atom. The van der Waals surface area contributed by atoms with Crippen molar-refractivity contribution in [1.82, 2.24) is 4.98 Å². The van der Waals surface area contributed by atoms with Crippen LogP contribution in [0.15, 0.2) is 66.5 Å². The molecular formula is C23H15Cl3N2O3. The lowest BCUT2D eigenvalue weighted by Crippen LogP contribution is -2.30. The predicted octanol–water partition coefficient (Wildman–Crippen LogP) is 5.98. The molecule has 1 aliphatic heterocycles. The van der Waals surface area contributed by atoms with Crippen molar-refractivity contribution in [2.24, 2.45) is 0 Å². The number of rotatable bonds is 3. The summed E-state index contributed by atoms with van der Waals surface area (Å²) in [5.74, 6) is -1.93. The van der Waals surface area contributed by atoms with Crippen LogP contribution in [0.25, 0.3) is 5.76 Å². The Kier molecular flexibility index (Phi) is 5.75. The van der Waals surface area contributed by atoms with Gasteiger partial charge in [0.15, 0.2) is 0 Å². The summed E-state index contributed by atoms with van der Waals surface area (Å²) in [5.41, 5.74) is 1.93. The largest absolute Gasteiger partial charge is 0.507 e. The van der Waals surface area contributed by atoms with E-state index in [9.17, 15) is 14.7 Å². The molecule has 1 N–H and O–H groups in total. The molecule has 2 heterocycles. The maximum absolute atomic E-state index is 13.1. The minimum Gasteiger partial charge on any atom is -0.507 e. The van der Waals surface area contributed by atoms with Gasteiger partial charge in [0.2, 0.25) is 0 Å². The van der Waals surface area contributed by atoms with Crippen molar-refractivity contribution in [3.8, 4) is 0 Å². The van der Waals surface area contributed by atoms with E-state index in [1.165, 1.54) is 23.1 Å². The average molecular weight is 474 g/mol. The maximum Gasteiger partial charge on any atom is 0.300 e. The molecule has 1 aliphatic rings. The number of ketones is 1.